The fourth-order valence-corrected chi connectivity index (χ4v) is 6.03. The van der Waals surface area contributed by atoms with E-state index in [1.54, 1.807) is 24.3 Å². The molecule has 1 aliphatic rings. The summed E-state index contributed by atoms with van der Waals surface area (Å²) in [6.07, 6.45) is 0. The summed E-state index contributed by atoms with van der Waals surface area (Å²) in [7, 11) is 0. The number of hydrogen-bond acceptors (Lipinski definition) is 2. The Morgan fingerprint density at radius 2 is 1.45 bits per heavy atom. The van der Waals surface area contributed by atoms with Crippen LogP contribution in [0.25, 0.3) is 0 Å². The molecule has 2 amide bonds. The van der Waals surface area contributed by atoms with Gasteiger partial charge in [-0.1, -0.05) is 66.7 Å². The highest BCUT2D eigenvalue weighted by atomic mass is 79.9. The molecule has 1 saturated carbocycles. The highest BCUT2D eigenvalue weighted by molar-refractivity contribution is 9.25. The van der Waals surface area contributed by atoms with E-state index in [1.807, 2.05) is 0 Å². The van der Waals surface area contributed by atoms with Crippen molar-refractivity contribution in [2.75, 3.05) is 10.6 Å². The summed E-state index contributed by atoms with van der Waals surface area (Å²) in [5.74, 6) is -1.83. The van der Waals surface area contributed by atoms with Crippen molar-refractivity contribution in [3.05, 3.63) is 92.7 Å². The number of benzene rings is 3. The average Bonchev–Trinajstić information content (AvgIpc) is 3.32. The summed E-state index contributed by atoms with van der Waals surface area (Å²) in [5, 5.41) is 6.65. The first-order chi connectivity index (χ1) is 15.6. The van der Waals surface area contributed by atoms with E-state index >= 15 is 0 Å². The van der Waals surface area contributed by atoms with Crippen LogP contribution in [0.4, 0.5) is 15.8 Å². The Morgan fingerprint density at radius 3 is 2.09 bits per heavy atom. The highest BCUT2D eigenvalue weighted by Crippen LogP contribution is 2.67. The second-order valence-corrected chi connectivity index (χ2v) is 12.4. The number of carbonyl (C=O) groups excluding carboxylic acids is 2. The van der Waals surface area contributed by atoms with Gasteiger partial charge in [0, 0.05) is 27.3 Å². The third kappa shape index (κ3) is 5.38. The Bertz CT molecular complexity index is 1230. The Labute approximate surface area is 221 Å². The molecule has 0 spiro atoms. The molecule has 4 nitrogen and oxygen atoms in total. The molecular weight excluding hydrogens is 621 g/mol. The number of carbonyl (C=O) groups is 2. The van der Waals surface area contributed by atoms with E-state index in [0.717, 1.165) is 5.56 Å². The maximum Gasteiger partial charge on any atom is 0.257 e. The van der Waals surface area contributed by atoms with Crippen LogP contribution >= 0.6 is 66.7 Å². The number of amides is 2. The van der Waals surface area contributed by atoms with Gasteiger partial charge in [0.25, 0.3) is 5.91 Å². The fraction of sp³-hybridized carbons (Fsp3) is 0.130. The van der Waals surface area contributed by atoms with Crippen molar-refractivity contribution >= 4 is 89.9 Å². The molecule has 3 aromatic rings. The SMILES string of the molecule is O=C(Nc1ccc(F)cc1)c1cc(NC(=O)[C@H]2[C@H](c3cc(Cl)cc(Cl)c3)C2(Br)Br)ccc1Cl. The largest absolute Gasteiger partial charge is 0.326 e. The van der Waals surface area contributed by atoms with Crippen molar-refractivity contribution in [3.63, 3.8) is 0 Å². The molecule has 0 aromatic heterocycles. The van der Waals surface area contributed by atoms with Crippen LogP contribution in [0.3, 0.4) is 0 Å². The second kappa shape index (κ2) is 9.55. The van der Waals surface area contributed by atoms with Crippen LogP contribution in [-0.2, 0) is 4.79 Å². The van der Waals surface area contributed by atoms with Crippen LogP contribution in [0, 0.1) is 11.7 Å². The van der Waals surface area contributed by atoms with Crippen molar-refractivity contribution in [1.29, 1.82) is 0 Å². The smallest absolute Gasteiger partial charge is 0.257 e. The van der Waals surface area contributed by atoms with E-state index in [0.29, 0.717) is 21.4 Å². The summed E-state index contributed by atoms with van der Waals surface area (Å²) in [5.41, 5.74) is 1.80. The molecular formula is C23H14Br2Cl3FN2O2. The minimum atomic E-state index is -0.659. The highest BCUT2D eigenvalue weighted by Gasteiger charge is 2.66. The van der Waals surface area contributed by atoms with Crippen LogP contribution in [0.2, 0.25) is 15.1 Å². The molecule has 33 heavy (non-hydrogen) atoms. The van der Waals surface area contributed by atoms with E-state index in [-0.39, 0.29) is 22.4 Å². The predicted molar refractivity (Wildman–Crippen MR) is 138 cm³/mol. The lowest BCUT2D eigenvalue weighted by Gasteiger charge is -2.10. The molecule has 3 aromatic carbocycles. The van der Waals surface area contributed by atoms with Gasteiger partial charge in [0.1, 0.15) is 9.05 Å². The number of hydrogen-bond donors (Lipinski definition) is 2. The first kappa shape index (κ1) is 24.5. The molecule has 1 aliphatic carbocycles. The standard InChI is InChI=1S/C23H14Br2Cl3FN2O2/c24-23(25)19(11-7-12(26)9-13(27)8-11)20(23)22(33)31-16-5-6-18(28)17(10-16)21(32)30-15-3-1-14(29)2-4-15/h1-10,19-20H,(H,30,32)(H,31,33)/t19-,20+/m0/s1. The van der Waals surface area contributed by atoms with Crippen molar-refractivity contribution in [2.24, 2.45) is 5.92 Å². The zero-order valence-corrected chi connectivity index (χ0v) is 22.0. The summed E-state index contributed by atoms with van der Waals surface area (Å²) in [6, 6.07) is 15.1. The van der Waals surface area contributed by atoms with Gasteiger partial charge in [-0.15, -0.1) is 0 Å². The van der Waals surface area contributed by atoms with Crippen LogP contribution < -0.4 is 10.6 Å². The zero-order valence-electron chi connectivity index (χ0n) is 16.5. The van der Waals surface area contributed by atoms with Gasteiger partial charge in [-0.05, 0) is 66.2 Å². The molecule has 2 N–H and O–H groups in total. The van der Waals surface area contributed by atoms with E-state index in [1.165, 1.54) is 36.4 Å². The van der Waals surface area contributed by atoms with Crippen LogP contribution in [0.15, 0.2) is 60.7 Å². The normalized spacial score (nSPS) is 18.5. The first-order valence-electron chi connectivity index (χ1n) is 9.57. The van der Waals surface area contributed by atoms with E-state index in [2.05, 4.69) is 42.5 Å². The Balaban J connectivity index is 1.50. The number of nitrogens with one attached hydrogen (secondary N) is 2. The molecule has 10 heteroatoms. The van der Waals surface area contributed by atoms with E-state index in [4.69, 9.17) is 34.8 Å². The summed E-state index contributed by atoms with van der Waals surface area (Å²) >= 11 is 25.6. The van der Waals surface area contributed by atoms with E-state index < -0.39 is 20.9 Å². The molecule has 170 valence electrons. The van der Waals surface area contributed by atoms with Crippen molar-refractivity contribution in [1.82, 2.24) is 0 Å². The molecule has 0 bridgehead atoms. The van der Waals surface area contributed by atoms with Crippen LogP contribution in [0.1, 0.15) is 21.8 Å². The summed E-state index contributed by atoms with van der Waals surface area (Å²) < 4.78 is 12.4. The third-order valence-corrected chi connectivity index (χ3v) is 7.90. The van der Waals surface area contributed by atoms with Gasteiger partial charge in [-0.25, -0.2) is 4.39 Å². The fourth-order valence-electron chi connectivity index (χ4n) is 3.55. The monoisotopic (exact) mass is 632 g/mol. The van der Waals surface area contributed by atoms with Gasteiger partial charge in [-0.3, -0.25) is 9.59 Å². The van der Waals surface area contributed by atoms with Crippen molar-refractivity contribution in [3.8, 4) is 0 Å². The van der Waals surface area contributed by atoms with Gasteiger partial charge in [0.2, 0.25) is 5.91 Å². The Morgan fingerprint density at radius 1 is 0.848 bits per heavy atom. The molecule has 2 atom stereocenters. The maximum absolute atomic E-state index is 13.1. The minimum absolute atomic E-state index is 0.164. The molecule has 1 fully saturated rings. The Hall–Kier alpha value is -1.64. The average molecular weight is 636 g/mol. The lowest BCUT2D eigenvalue weighted by atomic mass is 10.1. The van der Waals surface area contributed by atoms with Crippen LogP contribution in [0.5, 0.6) is 0 Å². The van der Waals surface area contributed by atoms with Gasteiger partial charge in [0.05, 0.1) is 16.5 Å². The first-order valence-corrected chi connectivity index (χ1v) is 12.3. The number of rotatable bonds is 5. The Kier molecular flexibility index (Phi) is 7.08. The summed E-state index contributed by atoms with van der Waals surface area (Å²) in [4.78, 5) is 25.7. The molecule has 0 aliphatic heterocycles. The number of alkyl halides is 2. The van der Waals surface area contributed by atoms with Crippen LogP contribution in [-0.4, -0.2) is 15.0 Å². The zero-order chi connectivity index (χ0) is 23.9. The van der Waals surface area contributed by atoms with Crippen molar-refractivity contribution < 1.29 is 14.0 Å². The second-order valence-electron chi connectivity index (χ2n) is 7.48. The molecule has 0 unspecified atom stereocenters. The minimum Gasteiger partial charge on any atom is -0.326 e. The molecule has 0 heterocycles. The maximum atomic E-state index is 13.1. The predicted octanol–water partition coefficient (Wildman–Crippen LogP) is 7.88. The van der Waals surface area contributed by atoms with E-state index in [9.17, 15) is 14.0 Å². The quantitative estimate of drug-likeness (QED) is 0.281. The number of halogens is 6. The van der Waals surface area contributed by atoms with Gasteiger partial charge >= 0.3 is 0 Å². The lowest BCUT2D eigenvalue weighted by Crippen LogP contribution is -2.18. The molecule has 0 saturated heterocycles. The van der Waals surface area contributed by atoms with Gasteiger partial charge < -0.3 is 10.6 Å². The molecule has 0 radical (unpaired) electrons. The van der Waals surface area contributed by atoms with Gasteiger partial charge in [-0.2, -0.15) is 0 Å². The lowest BCUT2D eigenvalue weighted by molar-refractivity contribution is -0.117. The van der Waals surface area contributed by atoms with Crippen molar-refractivity contribution in [2.45, 2.75) is 9.15 Å². The van der Waals surface area contributed by atoms with Gasteiger partial charge in [0.15, 0.2) is 0 Å². The number of anilines is 2. The summed E-state index contributed by atoms with van der Waals surface area (Å²) in [6.45, 7) is 0. The molecule has 4 rings (SSSR count). The topological polar surface area (TPSA) is 58.2 Å². The third-order valence-electron chi connectivity index (χ3n) is 5.16.